The first kappa shape index (κ1) is 28.8. The molecule has 0 N–H and O–H groups in total. The molecule has 0 fully saturated rings. The van der Waals surface area contributed by atoms with E-state index in [4.69, 9.17) is 50.8 Å². The van der Waals surface area contributed by atoms with Crippen LogP contribution in [0.5, 0.6) is 0 Å². The van der Waals surface area contributed by atoms with E-state index in [1.165, 1.54) is 12.1 Å². The third-order valence-electron chi connectivity index (χ3n) is 6.31. The number of fused-ring (bicyclic) bond motifs is 2. The molecule has 13 heteroatoms. The molecule has 7 nitrogen and oxygen atoms in total. The van der Waals surface area contributed by atoms with Crippen LogP contribution in [-0.2, 0) is 20.0 Å². The van der Waals surface area contributed by atoms with Crippen molar-refractivity contribution in [3.63, 3.8) is 0 Å². The number of hydrogen-bond acceptors (Lipinski definition) is 6. The molecule has 0 aliphatic rings. The van der Waals surface area contributed by atoms with Crippen LogP contribution in [0.2, 0.25) is 20.1 Å². The summed E-state index contributed by atoms with van der Waals surface area (Å²) in [6, 6.07) is 24.0. The number of anilines is 1. The van der Waals surface area contributed by atoms with Gasteiger partial charge in [0.25, 0.3) is 20.0 Å². The Morgan fingerprint density at radius 3 is 1.71 bits per heavy atom. The minimum Gasteiger partial charge on any atom is -0.436 e. The van der Waals surface area contributed by atoms with E-state index in [0.717, 1.165) is 24.3 Å². The maximum absolute atomic E-state index is 14.5. The number of halogens is 4. The molecule has 1 heterocycles. The van der Waals surface area contributed by atoms with Gasteiger partial charge in [-0.2, -0.15) is 3.71 Å². The zero-order valence-electron chi connectivity index (χ0n) is 21.0. The maximum Gasteiger partial charge on any atom is 0.277 e. The van der Waals surface area contributed by atoms with Gasteiger partial charge >= 0.3 is 0 Å². The number of benzene rings is 5. The summed E-state index contributed by atoms with van der Waals surface area (Å²) in [7, 11) is -9.92. The molecule has 5 aromatic carbocycles. The van der Waals surface area contributed by atoms with Crippen LogP contribution in [0, 0.1) is 0 Å². The molecule has 1 aromatic heterocycles. The quantitative estimate of drug-likeness (QED) is 0.175. The van der Waals surface area contributed by atoms with Gasteiger partial charge in [0.15, 0.2) is 5.58 Å². The average molecular weight is 678 g/mol. The normalized spacial score (nSPS) is 12.2. The van der Waals surface area contributed by atoms with Crippen molar-refractivity contribution in [2.45, 2.75) is 9.79 Å². The van der Waals surface area contributed by atoms with Gasteiger partial charge in [0, 0.05) is 25.5 Å². The lowest BCUT2D eigenvalue weighted by atomic mass is 10.0. The first-order valence-corrected chi connectivity index (χ1v) is 16.4. The highest BCUT2D eigenvalue weighted by Crippen LogP contribution is 2.44. The zero-order chi connectivity index (χ0) is 29.8. The molecule has 0 spiro atoms. The summed E-state index contributed by atoms with van der Waals surface area (Å²) in [5, 5.41) is 0.784. The largest absolute Gasteiger partial charge is 0.436 e. The molecule has 0 saturated heterocycles. The predicted octanol–water partition coefficient (Wildman–Crippen LogP) is 8.85. The van der Waals surface area contributed by atoms with E-state index in [9.17, 15) is 16.8 Å². The van der Waals surface area contributed by atoms with Crippen LogP contribution in [0.25, 0.3) is 33.3 Å². The molecule has 0 aliphatic carbocycles. The highest BCUT2D eigenvalue weighted by Gasteiger charge is 2.41. The van der Waals surface area contributed by atoms with Crippen molar-refractivity contribution >= 4 is 94.0 Å². The van der Waals surface area contributed by atoms with Gasteiger partial charge in [-0.05, 0) is 60.0 Å². The van der Waals surface area contributed by atoms with Crippen molar-refractivity contribution in [3.05, 3.63) is 117 Å². The molecule has 0 saturated carbocycles. The summed E-state index contributed by atoms with van der Waals surface area (Å²) in [4.78, 5) is 3.60. The lowest BCUT2D eigenvalue weighted by Gasteiger charge is -2.27. The van der Waals surface area contributed by atoms with Gasteiger partial charge in [0.2, 0.25) is 5.89 Å². The number of nitrogens with zero attached hydrogens (tertiary/aromatic N) is 2. The van der Waals surface area contributed by atoms with Crippen LogP contribution in [0.4, 0.5) is 5.69 Å². The number of para-hydroxylation sites is 2. The molecule has 42 heavy (non-hydrogen) atoms. The van der Waals surface area contributed by atoms with Gasteiger partial charge in [-0.25, -0.2) is 21.8 Å². The predicted molar refractivity (Wildman–Crippen MR) is 167 cm³/mol. The van der Waals surface area contributed by atoms with Crippen LogP contribution in [0.1, 0.15) is 0 Å². The SMILES string of the molecule is O=S(=O)(c1cc(Cl)cc(Cl)c1)N(c1c(-c2nc3ccccc3o2)ccc2ccccc12)S(=O)(=O)c1cc(Cl)cc(Cl)c1. The van der Waals surface area contributed by atoms with E-state index in [1.54, 1.807) is 60.7 Å². The number of sulfonamides is 2. The lowest BCUT2D eigenvalue weighted by molar-refractivity contribution is 0.584. The second-order valence-electron chi connectivity index (χ2n) is 9.09. The standard InChI is InChI=1S/C29H16Cl4N2O5S2/c30-18-11-19(31)14-22(13-18)41(36,37)35(42(38,39)23-15-20(32)12-21(33)16-23)28-24-6-2-1-5-17(24)9-10-25(28)29-34-26-7-3-4-8-27(26)40-29/h1-16H. The number of hydrogen-bond donors (Lipinski definition) is 0. The molecular formula is C29H16Cl4N2O5S2. The first-order chi connectivity index (χ1) is 19.9. The fourth-order valence-electron chi connectivity index (χ4n) is 4.53. The van der Waals surface area contributed by atoms with Crippen molar-refractivity contribution in [1.82, 2.24) is 4.98 Å². The topological polar surface area (TPSA) is 97.6 Å². The Hall–Kier alpha value is -3.31. The lowest BCUT2D eigenvalue weighted by Crippen LogP contribution is -2.37. The van der Waals surface area contributed by atoms with Crippen molar-refractivity contribution < 1.29 is 21.3 Å². The molecule has 212 valence electrons. The molecule has 0 aliphatic heterocycles. The number of aromatic nitrogens is 1. The van der Waals surface area contributed by atoms with Crippen LogP contribution in [0.3, 0.4) is 0 Å². The van der Waals surface area contributed by atoms with Crippen molar-refractivity contribution in [1.29, 1.82) is 0 Å². The molecular weight excluding hydrogens is 662 g/mol. The average Bonchev–Trinajstić information content (AvgIpc) is 3.36. The highest BCUT2D eigenvalue weighted by molar-refractivity contribution is 8.10. The zero-order valence-corrected chi connectivity index (χ0v) is 25.7. The second kappa shape index (κ2) is 10.8. The van der Waals surface area contributed by atoms with E-state index in [2.05, 4.69) is 4.98 Å². The van der Waals surface area contributed by atoms with E-state index >= 15 is 0 Å². The first-order valence-electron chi connectivity index (χ1n) is 12.1. The molecule has 6 rings (SSSR count). The van der Waals surface area contributed by atoms with Crippen LogP contribution in [0.15, 0.2) is 111 Å². The minimum absolute atomic E-state index is 0.000561. The smallest absolute Gasteiger partial charge is 0.277 e. The van der Waals surface area contributed by atoms with E-state index in [-0.39, 0.29) is 42.6 Å². The minimum atomic E-state index is -4.96. The Morgan fingerprint density at radius 1 is 0.619 bits per heavy atom. The molecule has 0 atom stereocenters. The molecule has 0 unspecified atom stereocenters. The van der Waals surface area contributed by atoms with E-state index in [0.29, 0.717) is 20.2 Å². The van der Waals surface area contributed by atoms with E-state index < -0.39 is 29.8 Å². The highest BCUT2D eigenvalue weighted by atomic mass is 35.5. The summed E-state index contributed by atoms with van der Waals surface area (Å²) < 4.78 is 64.5. The third-order valence-corrected chi connectivity index (χ3v) is 11.3. The summed E-state index contributed by atoms with van der Waals surface area (Å²) in [6.45, 7) is 0. The Morgan fingerprint density at radius 2 is 1.14 bits per heavy atom. The van der Waals surface area contributed by atoms with Crippen LogP contribution < -0.4 is 3.71 Å². The summed E-state index contributed by atoms with van der Waals surface area (Å²) in [5.74, 6) is 0.000561. The van der Waals surface area contributed by atoms with Gasteiger partial charge in [0.05, 0.1) is 21.0 Å². The van der Waals surface area contributed by atoms with Gasteiger partial charge < -0.3 is 4.42 Å². The molecule has 6 aromatic rings. The van der Waals surface area contributed by atoms with E-state index in [1.807, 2.05) is 0 Å². The summed E-state index contributed by atoms with van der Waals surface area (Å²) in [5.41, 5.74) is 0.782. The monoisotopic (exact) mass is 676 g/mol. The summed E-state index contributed by atoms with van der Waals surface area (Å²) >= 11 is 24.7. The maximum atomic E-state index is 14.5. The fraction of sp³-hybridized carbons (Fsp3) is 0. The Bertz CT molecular complexity index is 2100. The van der Waals surface area contributed by atoms with Crippen LogP contribution in [-0.4, -0.2) is 21.8 Å². The van der Waals surface area contributed by atoms with Crippen LogP contribution >= 0.6 is 46.4 Å². The molecule has 0 radical (unpaired) electrons. The van der Waals surface area contributed by atoms with Gasteiger partial charge in [-0.15, -0.1) is 0 Å². The summed E-state index contributed by atoms with van der Waals surface area (Å²) in [6.07, 6.45) is 0. The van der Waals surface area contributed by atoms with Gasteiger partial charge in [-0.1, -0.05) is 88.9 Å². The van der Waals surface area contributed by atoms with Gasteiger partial charge in [-0.3, -0.25) is 0 Å². The molecule has 0 bridgehead atoms. The Labute approximate surface area is 260 Å². The van der Waals surface area contributed by atoms with Crippen molar-refractivity contribution in [2.75, 3.05) is 3.71 Å². The van der Waals surface area contributed by atoms with Crippen molar-refractivity contribution in [2.24, 2.45) is 0 Å². The number of oxazole rings is 1. The third kappa shape index (κ3) is 5.10. The fourth-order valence-corrected chi connectivity index (χ4v) is 9.75. The Balaban J connectivity index is 1.76. The molecule has 0 amide bonds. The van der Waals surface area contributed by atoms with Crippen molar-refractivity contribution in [3.8, 4) is 11.5 Å². The second-order valence-corrected chi connectivity index (χ2v) is 14.6. The number of rotatable bonds is 6. The van der Waals surface area contributed by atoms with Gasteiger partial charge in [0.1, 0.15) is 5.52 Å². The Kier molecular flexibility index (Phi) is 7.37.